The third-order valence-electron chi connectivity index (χ3n) is 3.65. The summed E-state index contributed by atoms with van der Waals surface area (Å²) in [5.41, 5.74) is 1.05. The fourth-order valence-corrected chi connectivity index (χ4v) is 2.54. The minimum atomic E-state index is -0.119. The first kappa shape index (κ1) is 12.0. The summed E-state index contributed by atoms with van der Waals surface area (Å²) < 4.78 is 1.69. The van der Waals surface area contributed by atoms with Crippen LogP contribution >= 0.6 is 0 Å². The van der Waals surface area contributed by atoms with Crippen molar-refractivity contribution in [3.63, 3.8) is 0 Å². The van der Waals surface area contributed by atoms with Gasteiger partial charge in [-0.2, -0.15) is 5.10 Å². The zero-order chi connectivity index (χ0) is 13.2. The Hall–Kier alpha value is -2.11. The summed E-state index contributed by atoms with van der Waals surface area (Å²) >= 11 is 0. The molecule has 100 valence electrons. The predicted molar refractivity (Wildman–Crippen MR) is 72.3 cm³/mol. The summed E-state index contributed by atoms with van der Waals surface area (Å²) in [5.74, 6) is 1.02. The lowest BCUT2D eigenvalue weighted by Gasteiger charge is -2.32. The van der Waals surface area contributed by atoms with Gasteiger partial charge in [0.1, 0.15) is 12.1 Å². The Kier molecular flexibility index (Phi) is 3.06. The van der Waals surface area contributed by atoms with Crippen LogP contribution in [-0.4, -0.2) is 32.8 Å². The molecule has 1 aliphatic heterocycles. The van der Waals surface area contributed by atoms with Crippen LogP contribution in [0, 0.1) is 6.92 Å². The molecule has 1 saturated heterocycles. The summed E-state index contributed by atoms with van der Waals surface area (Å²) in [7, 11) is 0. The van der Waals surface area contributed by atoms with Gasteiger partial charge in [0.2, 0.25) is 0 Å². The highest BCUT2D eigenvalue weighted by molar-refractivity contribution is 5.39. The third-order valence-corrected chi connectivity index (χ3v) is 3.65. The highest BCUT2D eigenvalue weighted by Crippen LogP contribution is 2.24. The van der Waals surface area contributed by atoms with Crippen molar-refractivity contribution in [1.29, 1.82) is 0 Å². The standard InChI is InChI=1S/C13H17N5O/c1-10-2-3-12(14-8-10)17-6-4-11(5-7-17)18-9-15-16-13(18)19/h2-3,8-9,11H,4-7H2,1H3,(H,16,19). The maximum absolute atomic E-state index is 11.5. The first-order valence-corrected chi connectivity index (χ1v) is 6.53. The smallest absolute Gasteiger partial charge is 0.343 e. The van der Waals surface area contributed by atoms with E-state index in [2.05, 4.69) is 32.2 Å². The van der Waals surface area contributed by atoms with Gasteiger partial charge < -0.3 is 4.90 Å². The van der Waals surface area contributed by atoms with Crippen LogP contribution in [0.25, 0.3) is 0 Å². The molecule has 0 bridgehead atoms. The van der Waals surface area contributed by atoms with Crippen molar-refractivity contribution < 1.29 is 0 Å². The molecule has 2 aromatic heterocycles. The van der Waals surface area contributed by atoms with Crippen LogP contribution in [0.5, 0.6) is 0 Å². The van der Waals surface area contributed by atoms with E-state index < -0.39 is 0 Å². The number of H-pyrrole nitrogens is 1. The number of aromatic nitrogens is 4. The second kappa shape index (κ2) is 4.87. The van der Waals surface area contributed by atoms with Gasteiger partial charge in [-0.15, -0.1) is 0 Å². The second-order valence-corrected chi connectivity index (χ2v) is 4.98. The number of nitrogens with zero attached hydrogens (tertiary/aromatic N) is 4. The molecule has 0 amide bonds. The van der Waals surface area contributed by atoms with Crippen molar-refractivity contribution in [2.75, 3.05) is 18.0 Å². The number of aromatic amines is 1. The molecule has 1 aliphatic rings. The maximum Gasteiger partial charge on any atom is 0.343 e. The summed E-state index contributed by atoms with van der Waals surface area (Å²) in [6.07, 6.45) is 5.36. The SMILES string of the molecule is Cc1ccc(N2CCC(n3cn[nH]c3=O)CC2)nc1. The first-order chi connectivity index (χ1) is 9.24. The molecule has 6 nitrogen and oxygen atoms in total. The van der Waals surface area contributed by atoms with Gasteiger partial charge in [0, 0.05) is 25.3 Å². The Morgan fingerprint density at radius 2 is 2.11 bits per heavy atom. The average Bonchev–Trinajstić information content (AvgIpc) is 2.86. The Morgan fingerprint density at radius 1 is 1.32 bits per heavy atom. The number of aryl methyl sites for hydroxylation is 1. The highest BCUT2D eigenvalue weighted by atomic mass is 16.1. The predicted octanol–water partition coefficient (Wildman–Crippen LogP) is 1.12. The van der Waals surface area contributed by atoms with Gasteiger partial charge in [-0.05, 0) is 31.4 Å². The van der Waals surface area contributed by atoms with Crippen molar-refractivity contribution >= 4 is 5.82 Å². The lowest BCUT2D eigenvalue weighted by Crippen LogP contribution is -2.37. The summed E-state index contributed by atoms with van der Waals surface area (Å²) in [6, 6.07) is 4.38. The largest absolute Gasteiger partial charge is 0.356 e. The molecule has 3 rings (SSSR count). The number of piperidine rings is 1. The van der Waals surface area contributed by atoms with Crippen LogP contribution in [-0.2, 0) is 0 Å². The highest BCUT2D eigenvalue weighted by Gasteiger charge is 2.22. The third kappa shape index (κ3) is 2.38. The molecule has 1 fully saturated rings. The zero-order valence-corrected chi connectivity index (χ0v) is 10.9. The van der Waals surface area contributed by atoms with Crippen molar-refractivity contribution in [1.82, 2.24) is 19.7 Å². The fourth-order valence-electron chi connectivity index (χ4n) is 2.54. The quantitative estimate of drug-likeness (QED) is 0.877. The van der Waals surface area contributed by atoms with Crippen LogP contribution in [0.2, 0.25) is 0 Å². The Bertz CT molecular complexity index is 592. The molecule has 6 heteroatoms. The number of anilines is 1. The van der Waals surface area contributed by atoms with Gasteiger partial charge in [-0.25, -0.2) is 14.9 Å². The van der Waals surface area contributed by atoms with Gasteiger partial charge >= 0.3 is 5.69 Å². The van der Waals surface area contributed by atoms with Gasteiger partial charge in [-0.1, -0.05) is 6.07 Å². The molecule has 0 atom stereocenters. The molecule has 0 unspecified atom stereocenters. The number of rotatable bonds is 2. The lowest BCUT2D eigenvalue weighted by molar-refractivity contribution is 0.386. The number of hydrogen-bond donors (Lipinski definition) is 1. The Morgan fingerprint density at radius 3 is 2.68 bits per heavy atom. The molecular formula is C13H17N5O. The topological polar surface area (TPSA) is 66.8 Å². The van der Waals surface area contributed by atoms with Gasteiger partial charge in [0.15, 0.2) is 0 Å². The Balaban J connectivity index is 1.68. The average molecular weight is 259 g/mol. The number of pyridine rings is 1. The van der Waals surface area contributed by atoms with E-state index >= 15 is 0 Å². The van der Waals surface area contributed by atoms with Crippen molar-refractivity contribution in [2.45, 2.75) is 25.8 Å². The lowest BCUT2D eigenvalue weighted by atomic mass is 10.0. The molecular weight excluding hydrogens is 242 g/mol. The molecule has 0 aromatic carbocycles. The van der Waals surface area contributed by atoms with Crippen LogP contribution in [0.1, 0.15) is 24.4 Å². The molecule has 2 aromatic rings. The maximum atomic E-state index is 11.5. The van der Waals surface area contributed by atoms with E-state index in [9.17, 15) is 4.79 Å². The minimum Gasteiger partial charge on any atom is -0.356 e. The van der Waals surface area contributed by atoms with E-state index in [-0.39, 0.29) is 11.7 Å². The number of nitrogens with one attached hydrogen (secondary N) is 1. The van der Waals surface area contributed by atoms with Gasteiger partial charge in [0.05, 0.1) is 0 Å². The van der Waals surface area contributed by atoms with Crippen molar-refractivity contribution in [2.24, 2.45) is 0 Å². The molecule has 3 heterocycles. The summed E-state index contributed by atoms with van der Waals surface area (Å²) in [5, 5.41) is 6.23. The van der Waals surface area contributed by atoms with E-state index in [0.717, 1.165) is 31.7 Å². The fraction of sp³-hybridized carbons (Fsp3) is 0.462. The monoisotopic (exact) mass is 259 g/mol. The van der Waals surface area contributed by atoms with Crippen LogP contribution in [0.15, 0.2) is 29.5 Å². The van der Waals surface area contributed by atoms with Crippen molar-refractivity contribution in [3.05, 3.63) is 40.7 Å². The van der Waals surface area contributed by atoms with E-state index in [1.165, 1.54) is 5.56 Å². The molecule has 1 N–H and O–H groups in total. The van der Waals surface area contributed by atoms with Gasteiger partial charge in [0.25, 0.3) is 0 Å². The minimum absolute atomic E-state index is 0.119. The Labute approximate surface area is 111 Å². The normalized spacial score (nSPS) is 16.8. The first-order valence-electron chi connectivity index (χ1n) is 6.53. The number of hydrogen-bond acceptors (Lipinski definition) is 4. The van der Waals surface area contributed by atoms with Crippen LogP contribution in [0.3, 0.4) is 0 Å². The second-order valence-electron chi connectivity index (χ2n) is 4.98. The molecule has 0 aliphatic carbocycles. The molecule has 0 saturated carbocycles. The van der Waals surface area contributed by atoms with Gasteiger partial charge in [-0.3, -0.25) is 4.57 Å². The zero-order valence-electron chi connectivity index (χ0n) is 10.9. The van der Waals surface area contributed by atoms with E-state index in [1.54, 1.807) is 10.9 Å². The van der Waals surface area contributed by atoms with E-state index in [0.29, 0.717) is 0 Å². The summed E-state index contributed by atoms with van der Waals surface area (Å²) in [4.78, 5) is 18.2. The molecule has 0 spiro atoms. The van der Waals surface area contributed by atoms with E-state index in [1.807, 2.05) is 13.1 Å². The summed E-state index contributed by atoms with van der Waals surface area (Å²) in [6.45, 7) is 3.87. The van der Waals surface area contributed by atoms with Crippen LogP contribution < -0.4 is 10.6 Å². The van der Waals surface area contributed by atoms with Crippen molar-refractivity contribution in [3.8, 4) is 0 Å². The van der Waals surface area contributed by atoms with Crippen LogP contribution in [0.4, 0.5) is 5.82 Å². The van der Waals surface area contributed by atoms with E-state index in [4.69, 9.17) is 0 Å². The molecule has 19 heavy (non-hydrogen) atoms. The molecule has 0 radical (unpaired) electrons.